The fraction of sp³-hybridized carbons (Fsp3) is 0.235. The van der Waals surface area contributed by atoms with Gasteiger partial charge in [-0.3, -0.25) is 9.59 Å². The summed E-state index contributed by atoms with van der Waals surface area (Å²) in [7, 11) is 2.87. The molecule has 1 aromatic carbocycles. The standard InChI is InChI=1S/C17H18N2O5/c1-10-15(17(22)23-3)13(16(21)19(10)2)8-11-4-6-12(7-5-11)24-9-14(18)20/h4-8H,9H2,1-3H3,(H2,18,20)/b13-8-. The summed E-state index contributed by atoms with van der Waals surface area (Å²) in [5.41, 5.74) is 6.78. The summed E-state index contributed by atoms with van der Waals surface area (Å²) in [6.07, 6.45) is 1.61. The van der Waals surface area contributed by atoms with E-state index in [9.17, 15) is 14.4 Å². The van der Waals surface area contributed by atoms with Crippen LogP contribution in [-0.2, 0) is 19.1 Å². The monoisotopic (exact) mass is 330 g/mol. The van der Waals surface area contributed by atoms with Gasteiger partial charge in [-0.05, 0) is 30.7 Å². The van der Waals surface area contributed by atoms with E-state index in [-0.39, 0.29) is 23.7 Å². The molecule has 0 spiro atoms. The molecule has 7 nitrogen and oxygen atoms in total. The first-order valence-electron chi connectivity index (χ1n) is 7.15. The van der Waals surface area contributed by atoms with Crippen LogP contribution in [0.15, 0.2) is 41.1 Å². The third kappa shape index (κ3) is 3.45. The molecule has 0 bridgehead atoms. The van der Waals surface area contributed by atoms with Gasteiger partial charge in [-0.1, -0.05) is 12.1 Å². The SMILES string of the molecule is COC(=O)C1=C(C)N(C)C(=O)/C1=C\c1ccc(OCC(N)=O)cc1. The van der Waals surface area contributed by atoms with Crippen molar-refractivity contribution in [2.45, 2.75) is 6.92 Å². The number of nitrogens with zero attached hydrogens (tertiary/aromatic N) is 1. The second kappa shape index (κ2) is 6.99. The Kier molecular flexibility index (Phi) is 5.03. The first-order valence-corrected chi connectivity index (χ1v) is 7.15. The molecule has 24 heavy (non-hydrogen) atoms. The van der Waals surface area contributed by atoms with E-state index in [0.29, 0.717) is 17.0 Å². The van der Waals surface area contributed by atoms with Crippen molar-refractivity contribution in [3.63, 3.8) is 0 Å². The van der Waals surface area contributed by atoms with Gasteiger partial charge in [0.25, 0.3) is 11.8 Å². The molecule has 126 valence electrons. The largest absolute Gasteiger partial charge is 0.484 e. The highest BCUT2D eigenvalue weighted by Gasteiger charge is 2.34. The predicted molar refractivity (Wildman–Crippen MR) is 86.6 cm³/mol. The van der Waals surface area contributed by atoms with Gasteiger partial charge in [0.1, 0.15) is 5.75 Å². The van der Waals surface area contributed by atoms with E-state index in [1.807, 2.05) is 0 Å². The number of hydrogen-bond donors (Lipinski definition) is 1. The average molecular weight is 330 g/mol. The van der Waals surface area contributed by atoms with E-state index < -0.39 is 11.9 Å². The van der Waals surface area contributed by atoms with Crippen LogP contribution < -0.4 is 10.5 Å². The van der Waals surface area contributed by atoms with Gasteiger partial charge >= 0.3 is 5.97 Å². The van der Waals surface area contributed by atoms with Crippen LogP contribution in [-0.4, -0.2) is 43.4 Å². The van der Waals surface area contributed by atoms with E-state index in [4.69, 9.17) is 15.2 Å². The van der Waals surface area contributed by atoms with E-state index in [1.54, 1.807) is 44.3 Å². The Morgan fingerprint density at radius 2 is 1.88 bits per heavy atom. The fourth-order valence-corrected chi connectivity index (χ4v) is 2.28. The highest BCUT2D eigenvalue weighted by molar-refractivity contribution is 6.16. The van der Waals surface area contributed by atoms with Crippen LogP contribution in [0.4, 0.5) is 0 Å². The van der Waals surface area contributed by atoms with Crippen LogP contribution in [0.25, 0.3) is 6.08 Å². The molecule has 2 N–H and O–H groups in total. The molecule has 7 heteroatoms. The Morgan fingerprint density at radius 1 is 1.25 bits per heavy atom. The molecule has 0 aliphatic carbocycles. The minimum absolute atomic E-state index is 0.210. The maximum absolute atomic E-state index is 12.3. The van der Waals surface area contributed by atoms with Crippen LogP contribution in [0.1, 0.15) is 12.5 Å². The second-order valence-electron chi connectivity index (χ2n) is 5.20. The molecule has 0 saturated heterocycles. The van der Waals surface area contributed by atoms with E-state index in [2.05, 4.69) is 0 Å². The molecular formula is C17H18N2O5. The Bertz CT molecular complexity index is 747. The van der Waals surface area contributed by atoms with Crippen molar-refractivity contribution in [2.75, 3.05) is 20.8 Å². The number of carbonyl (C=O) groups is 3. The average Bonchev–Trinajstić information content (AvgIpc) is 2.77. The maximum Gasteiger partial charge on any atom is 0.340 e. The van der Waals surface area contributed by atoms with Gasteiger partial charge in [0.15, 0.2) is 6.61 Å². The molecule has 1 aliphatic rings. The number of benzene rings is 1. The van der Waals surface area contributed by atoms with Gasteiger partial charge in [0.05, 0.1) is 18.3 Å². The number of likely N-dealkylation sites (N-methyl/N-ethyl adjacent to an activating group) is 1. The fourth-order valence-electron chi connectivity index (χ4n) is 2.28. The summed E-state index contributed by atoms with van der Waals surface area (Å²) in [5, 5.41) is 0. The minimum Gasteiger partial charge on any atom is -0.484 e. The van der Waals surface area contributed by atoms with Gasteiger partial charge < -0.3 is 20.1 Å². The van der Waals surface area contributed by atoms with E-state index in [1.165, 1.54) is 12.0 Å². The zero-order valence-corrected chi connectivity index (χ0v) is 13.7. The lowest BCUT2D eigenvalue weighted by Crippen LogP contribution is -2.20. The van der Waals surface area contributed by atoms with Crippen molar-refractivity contribution in [1.29, 1.82) is 0 Å². The topological polar surface area (TPSA) is 98.9 Å². The van der Waals surface area contributed by atoms with Crippen LogP contribution >= 0.6 is 0 Å². The normalized spacial score (nSPS) is 15.9. The predicted octanol–water partition coefficient (Wildman–Crippen LogP) is 0.853. The summed E-state index contributed by atoms with van der Waals surface area (Å²) >= 11 is 0. The van der Waals surface area contributed by atoms with Crippen LogP contribution in [0.5, 0.6) is 5.75 Å². The lowest BCUT2D eigenvalue weighted by molar-refractivity contribution is -0.136. The molecule has 0 atom stereocenters. The third-order valence-electron chi connectivity index (χ3n) is 3.63. The summed E-state index contributed by atoms with van der Waals surface area (Å²) < 4.78 is 9.93. The molecule has 0 fully saturated rings. The zero-order chi connectivity index (χ0) is 17.9. The number of nitrogens with two attached hydrogens (primary N) is 1. The first kappa shape index (κ1) is 17.3. The Balaban J connectivity index is 2.30. The quantitative estimate of drug-likeness (QED) is 0.637. The van der Waals surface area contributed by atoms with Crippen LogP contribution in [0, 0.1) is 0 Å². The summed E-state index contributed by atoms with van der Waals surface area (Å²) in [4.78, 5) is 36.4. The number of carbonyl (C=O) groups excluding carboxylic acids is 3. The molecule has 2 amide bonds. The van der Waals surface area contributed by atoms with Crippen molar-refractivity contribution >= 4 is 23.9 Å². The summed E-state index contributed by atoms with van der Waals surface area (Å²) in [6, 6.07) is 6.71. The lowest BCUT2D eigenvalue weighted by atomic mass is 10.0. The number of rotatable bonds is 5. The molecule has 0 unspecified atom stereocenters. The van der Waals surface area contributed by atoms with Crippen molar-refractivity contribution in [1.82, 2.24) is 4.90 Å². The van der Waals surface area contributed by atoms with Crippen LogP contribution in [0.2, 0.25) is 0 Å². The zero-order valence-electron chi connectivity index (χ0n) is 13.7. The number of esters is 1. The van der Waals surface area contributed by atoms with Crippen molar-refractivity contribution in [3.8, 4) is 5.75 Å². The molecule has 0 saturated carbocycles. The lowest BCUT2D eigenvalue weighted by Gasteiger charge is -2.08. The number of allylic oxidation sites excluding steroid dienone is 1. The minimum atomic E-state index is -0.566. The number of hydrogen-bond acceptors (Lipinski definition) is 5. The third-order valence-corrected chi connectivity index (χ3v) is 3.63. The number of methoxy groups -OCH3 is 1. The molecular weight excluding hydrogens is 312 g/mol. The first-order chi connectivity index (χ1) is 11.3. The second-order valence-corrected chi connectivity index (χ2v) is 5.20. The smallest absolute Gasteiger partial charge is 0.340 e. The van der Waals surface area contributed by atoms with E-state index >= 15 is 0 Å². The molecule has 0 aromatic heterocycles. The highest BCUT2D eigenvalue weighted by Crippen LogP contribution is 2.30. The Morgan fingerprint density at radius 3 is 2.42 bits per heavy atom. The van der Waals surface area contributed by atoms with Crippen LogP contribution in [0.3, 0.4) is 0 Å². The number of ether oxygens (including phenoxy) is 2. The molecule has 2 rings (SSSR count). The molecule has 1 aromatic rings. The maximum atomic E-state index is 12.3. The molecule has 1 heterocycles. The summed E-state index contributed by atoms with van der Waals surface area (Å²) in [6.45, 7) is 1.48. The Labute approximate surface area is 139 Å². The van der Waals surface area contributed by atoms with Crippen molar-refractivity contribution in [2.24, 2.45) is 5.73 Å². The number of primary amides is 1. The van der Waals surface area contributed by atoms with Gasteiger partial charge in [-0.25, -0.2) is 4.79 Å². The van der Waals surface area contributed by atoms with Gasteiger partial charge in [0, 0.05) is 12.7 Å². The molecule has 1 aliphatic heterocycles. The highest BCUT2D eigenvalue weighted by atomic mass is 16.5. The molecule has 0 radical (unpaired) electrons. The Hall–Kier alpha value is -3.09. The number of amides is 2. The van der Waals surface area contributed by atoms with Crippen molar-refractivity contribution in [3.05, 3.63) is 46.7 Å². The van der Waals surface area contributed by atoms with Crippen molar-refractivity contribution < 1.29 is 23.9 Å². The van der Waals surface area contributed by atoms with Gasteiger partial charge in [-0.15, -0.1) is 0 Å². The van der Waals surface area contributed by atoms with Gasteiger partial charge in [-0.2, -0.15) is 0 Å². The summed E-state index contributed by atoms with van der Waals surface area (Å²) in [5.74, 6) is -0.922. The van der Waals surface area contributed by atoms with E-state index in [0.717, 1.165) is 0 Å². The van der Waals surface area contributed by atoms with Gasteiger partial charge in [0.2, 0.25) is 0 Å².